The number of urea groups is 1. The molecule has 10 heteroatoms. The molecule has 0 saturated carbocycles. The molecule has 0 unspecified atom stereocenters. The average molecular weight is 349 g/mol. The number of amides is 3. The molecule has 10 nitrogen and oxygen atoms in total. The number of carbonyl (C=O) groups excluding carboxylic acids is 2. The van der Waals surface area contributed by atoms with Gasteiger partial charge in [-0.05, 0) is 36.4 Å². The molecule has 2 aromatic carbocycles. The molecule has 0 aliphatic heterocycles. The summed E-state index contributed by atoms with van der Waals surface area (Å²) in [4.78, 5) is 23.4. The van der Waals surface area contributed by atoms with Gasteiger partial charge in [0.2, 0.25) is 0 Å². The number of hydrogen-bond acceptors (Lipinski definition) is 7. The van der Waals surface area contributed by atoms with E-state index in [2.05, 4.69) is 20.7 Å². The number of hydrazine groups is 1. The number of nitrogens with one attached hydrogen (secondary N) is 2. The molecule has 0 aliphatic carbocycles. The molecule has 0 spiro atoms. The summed E-state index contributed by atoms with van der Waals surface area (Å²) in [6.07, 6.45) is 0. The third-order valence-corrected chi connectivity index (χ3v) is 3.32. The normalized spacial score (nSPS) is 10.6. The fourth-order valence-electron chi connectivity index (χ4n) is 2.12. The summed E-state index contributed by atoms with van der Waals surface area (Å²) >= 11 is 0. The van der Waals surface area contributed by atoms with Gasteiger partial charge in [-0.25, -0.2) is 10.6 Å². The zero-order chi connectivity index (χ0) is 18.5. The molecular formula is C16H11N7O3. The molecule has 0 aliphatic rings. The van der Waals surface area contributed by atoms with Crippen molar-refractivity contribution in [2.45, 2.75) is 0 Å². The van der Waals surface area contributed by atoms with Gasteiger partial charge < -0.3 is 9.84 Å². The van der Waals surface area contributed by atoms with Crippen LogP contribution >= 0.6 is 0 Å². The number of benzene rings is 2. The maximum Gasteiger partial charge on any atom is 0.373 e. The number of aromatic nitrogens is 1. The molecule has 0 bridgehead atoms. The zero-order valence-electron chi connectivity index (χ0n) is 13.1. The molecule has 3 aromatic rings. The first-order valence-electron chi connectivity index (χ1n) is 7.24. The molecular weight excluding hydrogens is 338 g/mol. The van der Waals surface area contributed by atoms with Crippen molar-refractivity contribution in [1.82, 2.24) is 10.6 Å². The molecule has 4 N–H and O–H groups in total. The summed E-state index contributed by atoms with van der Waals surface area (Å²) < 4.78 is 5.14. The van der Waals surface area contributed by atoms with Gasteiger partial charge in [-0.1, -0.05) is 16.3 Å². The van der Waals surface area contributed by atoms with Crippen molar-refractivity contribution in [3.63, 3.8) is 0 Å². The average Bonchev–Trinajstić information content (AvgIpc) is 3.08. The number of anilines is 1. The smallest absolute Gasteiger partial charge is 0.354 e. The van der Waals surface area contributed by atoms with Crippen LogP contribution in [0, 0.1) is 11.3 Å². The molecule has 0 saturated heterocycles. The van der Waals surface area contributed by atoms with Crippen LogP contribution in [-0.4, -0.2) is 17.1 Å². The van der Waals surface area contributed by atoms with Crippen molar-refractivity contribution in [3.05, 3.63) is 53.6 Å². The van der Waals surface area contributed by atoms with Crippen molar-refractivity contribution >= 4 is 34.4 Å². The van der Waals surface area contributed by atoms with Gasteiger partial charge in [0.1, 0.15) is 0 Å². The van der Waals surface area contributed by atoms with E-state index in [1.807, 2.05) is 11.5 Å². The molecule has 26 heavy (non-hydrogen) atoms. The maximum atomic E-state index is 12.4. The first-order chi connectivity index (χ1) is 12.6. The summed E-state index contributed by atoms with van der Waals surface area (Å²) in [7, 11) is 0. The summed E-state index contributed by atoms with van der Waals surface area (Å²) in [5, 5.41) is 22.9. The van der Waals surface area contributed by atoms with E-state index in [1.54, 1.807) is 36.4 Å². The van der Waals surface area contributed by atoms with Crippen LogP contribution in [0.2, 0.25) is 0 Å². The van der Waals surface area contributed by atoms with E-state index in [-0.39, 0.29) is 5.82 Å². The molecule has 128 valence electrons. The standard InChI is InChI=1S/C16H11N7O3/c17-8-9-2-1-3-10(6-9)15(24)19-14-12-7-11(21-22-16(25)20-18)4-5-13(12)26-23-14/h1-7H,18H2,(H,20,25)(H,19,23,24). The summed E-state index contributed by atoms with van der Waals surface area (Å²) in [6.45, 7) is 0. The summed E-state index contributed by atoms with van der Waals surface area (Å²) in [5.41, 5.74) is 3.24. The molecule has 0 atom stereocenters. The lowest BCUT2D eigenvalue weighted by molar-refractivity contribution is 0.102. The topological polar surface area (TPSA) is 159 Å². The molecule has 1 heterocycles. The monoisotopic (exact) mass is 349 g/mol. The molecule has 3 rings (SSSR count). The SMILES string of the molecule is N#Cc1cccc(C(=O)Nc2noc3ccc(N=NC(=O)NN)cc23)c1. The van der Waals surface area contributed by atoms with Crippen LogP contribution in [0.25, 0.3) is 11.0 Å². The van der Waals surface area contributed by atoms with Gasteiger partial charge in [0.25, 0.3) is 5.91 Å². The first kappa shape index (κ1) is 16.7. The lowest BCUT2D eigenvalue weighted by Gasteiger charge is -2.02. The maximum absolute atomic E-state index is 12.4. The number of hydrogen-bond donors (Lipinski definition) is 3. The van der Waals surface area contributed by atoms with Crippen molar-refractivity contribution in [2.75, 3.05) is 5.32 Å². The summed E-state index contributed by atoms with van der Waals surface area (Å²) in [5.74, 6) is 4.64. The Morgan fingerprint density at radius 2 is 2.08 bits per heavy atom. The van der Waals surface area contributed by atoms with E-state index in [0.29, 0.717) is 27.8 Å². The predicted molar refractivity (Wildman–Crippen MR) is 90.4 cm³/mol. The Balaban J connectivity index is 1.88. The van der Waals surface area contributed by atoms with Crippen LogP contribution in [0.15, 0.2) is 57.2 Å². The van der Waals surface area contributed by atoms with Crippen LogP contribution in [0.1, 0.15) is 15.9 Å². The van der Waals surface area contributed by atoms with Gasteiger partial charge in [-0.15, -0.1) is 5.11 Å². The predicted octanol–water partition coefficient (Wildman–Crippen LogP) is 2.62. The Labute approximate surface area is 146 Å². The lowest BCUT2D eigenvalue weighted by atomic mass is 10.1. The highest BCUT2D eigenvalue weighted by Gasteiger charge is 2.14. The lowest BCUT2D eigenvalue weighted by Crippen LogP contribution is -2.26. The van der Waals surface area contributed by atoms with Crippen molar-refractivity contribution < 1.29 is 14.1 Å². The number of carbonyl (C=O) groups is 2. The van der Waals surface area contributed by atoms with Gasteiger partial charge in [0, 0.05) is 5.56 Å². The highest BCUT2D eigenvalue weighted by Crippen LogP contribution is 2.28. The van der Waals surface area contributed by atoms with Gasteiger partial charge in [-0.3, -0.25) is 10.2 Å². The minimum atomic E-state index is -0.804. The minimum absolute atomic E-state index is 0.174. The third kappa shape index (κ3) is 3.53. The van der Waals surface area contributed by atoms with Crippen LogP contribution in [0.3, 0.4) is 0 Å². The van der Waals surface area contributed by atoms with E-state index >= 15 is 0 Å². The number of azo groups is 1. The number of rotatable bonds is 3. The van der Waals surface area contributed by atoms with Crippen molar-refractivity contribution in [2.24, 2.45) is 16.1 Å². The fraction of sp³-hybridized carbons (Fsp3) is 0. The van der Waals surface area contributed by atoms with Gasteiger partial charge >= 0.3 is 6.03 Å². The van der Waals surface area contributed by atoms with E-state index in [0.717, 1.165) is 0 Å². The first-order valence-corrected chi connectivity index (χ1v) is 7.24. The Bertz CT molecular complexity index is 1070. The van der Waals surface area contributed by atoms with Crippen molar-refractivity contribution in [3.8, 4) is 6.07 Å². The zero-order valence-corrected chi connectivity index (χ0v) is 13.1. The Kier molecular flexibility index (Phi) is 4.64. The van der Waals surface area contributed by atoms with Crippen LogP contribution in [0.4, 0.5) is 16.3 Å². The van der Waals surface area contributed by atoms with Gasteiger partial charge in [-0.2, -0.15) is 5.26 Å². The van der Waals surface area contributed by atoms with Crippen LogP contribution in [0.5, 0.6) is 0 Å². The molecule has 0 radical (unpaired) electrons. The highest BCUT2D eigenvalue weighted by atomic mass is 16.5. The van der Waals surface area contributed by atoms with Gasteiger partial charge in [0.05, 0.1) is 22.7 Å². The van der Waals surface area contributed by atoms with E-state index in [9.17, 15) is 9.59 Å². The minimum Gasteiger partial charge on any atom is -0.354 e. The van der Waals surface area contributed by atoms with Gasteiger partial charge in [0.15, 0.2) is 11.4 Å². The third-order valence-electron chi connectivity index (χ3n) is 3.32. The highest BCUT2D eigenvalue weighted by molar-refractivity contribution is 6.08. The second-order valence-corrected chi connectivity index (χ2v) is 5.01. The summed E-state index contributed by atoms with van der Waals surface area (Å²) in [6, 6.07) is 12.1. The Morgan fingerprint density at radius 1 is 1.23 bits per heavy atom. The van der Waals surface area contributed by atoms with E-state index in [4.69, 9.17) is 15.6 Å². The van der Waals surface area contributed by atoms with E-state index < -0.39 is 11.9 Å². The second kappa shape index (κ2) is 7.20. The molecule has 3 amide bonds. The molecule has 0 fully saturated rings. The second-order valence-electron chi connectivity index (χ2n) is 5.01. The molecule has 1 aromatic heterocycles. The number of fused-ring (bicyclic) bond motifs is 1. The largest absolute Gasteiger partial charge is 0.373 e. The Morgan fingerprint density at radius 3 is 2.85 bits per heavy atom. The van der Waals surface area contributed by atoms with Crippen molar-refractivity contribution in [1.29, 1.82) is 5.26 Å². The number of nitrogens with two attached hydrogens (primary N) is 1. The van der Waals surface area contributed by atoms with Crippen LogP contribution < -0.4 is 16.6 Å². The Hall–Kier alpha value is -4.10. The van der Waals surface area contributed by atoms with E-state index in [1.165, 1.54) is 6.07 Å². The number of nitrogens with zero attached hydrogens (tertiary/aromatic N) is 4. The quantitative estimate of drug-likeness (QED) is 0.285. The fourth-order valence-corrected chi connectivity index (χ4v) is 2.12. The van der Waals surface area contributed by atoms with Crippen LogP contribution in [-0.2, 0) is 0 Å². The number of nitriles is 1.